The molecule has 0 amide bonds. The molecule has 2 aromatic rings. The largest absolute Gasteiger partial charge is 0.466 e. The number of aromatic nitrogens is 2. The molecule has 2 aromatic heterocycles. The van der Waals surface area contributed by atoms with E-state index in [1.807, 2.05) is 0 Å². The summed E-state index contributed by atoms with van der Waals surface area (Å²) in [6.07, 6.45) is -1.70. The lowest BCUT2D eigenvalue weighted by molar-refractivity contribution is -0.142. The van der Waals surface area contributed by atoms with Gasteiger partial charge in [0.15, 0.2) is 0 Å². The van der Waals surface area contributed by atoms with Gasteiger partial charge < -0.3 is 9.14 Å². The first-order valence-electron chi connectivity index (χ1n) is 5.60. The van der Waals surface area contributed by atoms with Gasteiger partial charge in [0.1, 0.15) is 5.65 Å². The van der Waals surface area contributed by atoms with Crippen LogP contribution in [0.4, 0.5) is 13.2 Å². The van der Waals surface area contributed by atoms with Gasteiger partial charge in [-0.2, -0.15) is 13.2 Å². The zero-order valence-corrected chi connectivity index (χ0v) is 10.1. The zero-order chi connectivity index (χ0) is 14.0. The number of fused-ring (bicyclic) bond motifs is 1. The van der Waals surface area contributed by atoms with Crippen LogP contribution in [0.2, 0.25) is 0 Å². The van der Waals surface area contributed by atoms with Crippen LogP contribution in [0.5, 0.6) is 0 Å². The molecule has 0 aromatic carbocycles. The topological polar surface area (TPSA) is 43.6 Å². The maximum atomic E-state index is 12.5. The normalized spacial score (nSPS) is 11.8. The molecule has 102 valence electrons. The lowest BCUT2D eigenvalue weighted by Gasteiger charge is -2.05. The van der Waals surface area contributed by atoms with Gasteiger partial charge in [-0.3, -0.25) is 4.79 Å². The second-order valence-electron chi connectivity index (χ2n) is 3.89. The average molecular weight is 272 g/mol. The van der Waals surface area contributed by atoms with Gasteiger partial charge in [-0.25, -0.2) is 4.98 Å². The highest BCUT2D eigenvalue weighted by Crippen LogP contribution is 2.29. The standard InChI is InChI=1S/C12H11F3N2O2/c1-2-19-11(18)6-9-7-17-4-3-8(12(13,14)15)5-10(17)16-9/h3-5,7H,2,6H2,1H3. The average Bonchev–Trinajstić information content (AvgIpc) is 2.68. The Hall–Kier alpha value is -2.05. The molecule has 0 atom stereocenters. The number of carbonyl (C=O) groups is 1. The van der Waals surface area contributed by atoms with E-state index in [9.17, 15) is 18.0 Å². The first-order chi connectivity index (χ1) is 8.90. The van der Waals surface area contributed by atoms with Gasteiger partial charge in [-0.1, -0.05) is 0 Å². The van der Waals surface area contributed by atoms with E-state index < -0.39 is 17.7 Å². The summed E-state index contributed by atoms with van der Waals surface area (Å²) in [5, 5.41) is 0. The molecule has 0 bridgehead atoms. The van der Waals surface area contributed by atoms with Crippen LogP contribution in [-0.4, -0.2) is 22.0 Å². The Bertz CT molecular complexity index is 605. The molecule has 4 nitrogen and oxygen atoms in total. The molecule has 0 spiro atoms. The number of hydrogen-bond acceptors (Lipinski definition) is 3. The van der Waals surface area contributed by atoms with E-state index in [1.54, 1.807) is 6.92 Å². The van der Waals surface area contributed by atoms with E-state index in [0.717, 1.165) is 12.1 Å². The van der Waals surface area contributed by atoms with Crippen LogP contribution < -0.4 is 0 Å². The minimum Gasteiger partial charge on any atom is -0.466 e. The van der Waals surface area contributed by atoms with Crippen molar-refractivity contribution in [2.45, 2.75) is 19.5 Å². The van der Waals surface area contributed by atoms with Crippen molar-refractivity contribution < 1.29 is 22.7 Å². The maximum Gasteiger partial charge on any atom is 0.416 e. The van der Waals surface area contributed by atoms with E-state index >= 15 is 0 Å². The Morgan fingerprint density at radius 1 is 1.47 bits per heavy atom. The van der Waals surface area contributed by atoms with E-state index in [-0.39, 0.29) is 18.7 Å². The monoisotopic (exact) mass is 272 g/mol. The van der Waals surface area contributed by atoms with Gasteiger partial charge in [-0.15, -0.1) is 0 Å². The molecular formula is C12H11F3N2O2. The summed E-state index contributed by atoms with van der Waals surface area (Å²) in [6, 6.07) is 1.90. The highest BCUT2D eigenvalue weighted by atomic mass is 19.4. The summed E-state index contributed by atoms with van der Waals surface area (Å²) in [5.74, 6) is -0.457. The fourth-order valence-corrected chi connectivity index (χ4v) is 1.66. The number of alkyl halides is 3. The fraction of sp³-hybridized carbons (Fsp3) is 0.333. The van der Waals surface area contributed by atoms with Gasteiger partial charge in [0.25, 0.3) is 0 Å². The summed E-state index contributed by atoms with van der Waals surface area (Å²) < 4.78 is 43.8. The van der Waals surface area contributed by atoms with Crippen LogP contribution in [0, 0.1) is 0 Å². The van der Waals surface area contributed by atoms with Crippen LogP contribution >= 0.6 is 0 Å². The van der Waals surface area contributed by atoms with Gasteiger partial charge >= 0.3 is 12.1 Å². The summed E-state index contributed by atoms with van der Waals surface area (Å²) in [4.78, 5) is 15.2. The van der Waals surface area contributed by atoms with Crippen LogP contribution in [-0.2, 0) is 22.1 Å². The van der Waals surface area contributed by atoms with Gasteiger partial charge in [0, 0.05) is 12.4 Å². The van der Waals surface area contributed by atoms with E-state index in [1.165, 1.54) is 16.8 Å². The first kappa shape index (κ1) is 13.4. The smallest absolute Gasteiger partial charge is 0.416 e. The number of pyridine rings is 1. The molecule has 19 heavy (non-hydrogen) atoms. The van der Waals surface area contributed by atoms with Gasteiger partial charge in [0.2, 0.25) is 0 Å². The Morgan fingerprint density at radius 2 is 2.21 bits per heavy atom. The number of hydrogen-bond donors (Lipinski definition) is 0. The summed E-state index contributed by atoms with van der Waals surface area (Å²) in [5.41, 5.74) is -0.250. The lowest BCUT2D eigenvalue weighted by atomic mass is 10.2. The third-order valence-corrected chi connectivity index (χ3v) is 2.47. The highest BCUT2D eigenvalue weighted by molar-refractivity contribution is 5.72. The predicted octanol–water partition coefficient (Wildman–Crippen LogP) is 2.46. The molecule has 0 saturated carbocycles. The Balaban J connectivity index is 2.28. The molecule has 0 fully saturated rings. The van der Waals surface area contributed by atoms with Crippen molar-refractivity contribution in [3.63, 3.8) is 0 Å². The fourth-order valence-electron chi connectivity index (χ4n) is 1.66. The summed E-state index contributed by atoms with van der Waals surface area (Å²) >= 11 is 0. The molecule has 2 rings (SSSR count). The van der Waals surface area contributed by atoms with Gasteiger partial charge in [-0.05, 0) is 19.1 Å². The van der Waals surface area contributed by atoms with Crippen LogP contribution in [0.3, 0.4) is 0 Å². The van der Waals surface area contributed by atoms with E-state index in [0.29, 0.717) is 5.69 Å². The van der Waals surface area contributed by atoms with Crippen LogP contribution in [0.1, 0.15) is 18.2 Å². The van der Waals surface area contributed by atoms with Crippen molar-refractivity contribution in [1.29, 1.82) is 0 Å². The third-order valence-electron chi connectivity index (χ3n) is 2.47. The SMILES string of the molecule is CCOC(=O)Cc1cn2ccc(C(F)(F)F)cc2n1. The van der Waals surface area contributed by atoms with Crippen molar-refractivity contribution in [2.75, 3.05) is 6.61 Å². The Labute approximate surface area is 106 Å². The number of rotatable bonds is 3. The molecule has 0 N–H and O–H groups in total. The molecule has 0 aliphatic rings. The van der Waals surface area contributed by atoms with E-state index in [4.69, 9.17) is 4.74 Å². The van der Waals surface area contributed by atoms with Crippen molar-refractivity contribution in [2.24, 2.45) is 0 Å². The predicted molar refractivity (Wildman–Crippen MR) is 60.5 cm³/mol. The quantitative estimate of drug-likeness (QED) is 0.806. The second kappa shape index (κ2) is 4.91. The molecule has 2 heterocycles. The molecule has 7 heteroatoms. The number of ether oxygens (including phenoxy) is 1. The molecule has 0 saturated heterocycles. The minimum atomic E-state index is -4.41. The third kappa shape index (κ3) is 3.04. The lowest BCUT2D eigenvalue weighted by Crippen LogP contribution is -2.07. The zero-order valence-electron chi connectivity index (χ0n) is 10.1. The van der Waals surface area contributed by atoms with Crippen LogP contribution in [0.15, 0.2) is 24.5 Å². The maximum absolute atomic E-state index is 12.5. The summed E-state index contributed by atoms with van der Waals surface area (Å²) in [6.45, 7) is 1.93. The van der Waals surface area contributed by atoms with Crippen molar-refractivity contribution in [3.8, 4) is 0 Å². The van der Waals surface area contributed by atoms with Crippen molar-refractivity contribution in [1.82, 2.24) is 9.38 Å². The molecule has 0 aliphatic carbocycles. The number of halogens is 3. The molecule has 0 unspecified atom stereocenters. The van der Waals surface area contributed by atoms with Crippen molar-refractivity contribution in [3.05, 3.63) is 35.8 Å². The molecule has 0 radical (unpaired) electrons. The first-order valence-corrected chi connectivity index (χ1v) is 5.60. The molecular weight excluding hydrogens is 261 g/mol. The number of imidazole rings is 1. The Kier molecular flexibility index (Phi) is 3.46. The second-order valence-corrected chi connectivity index (χ2v) is 3.89. The number of carbonyl (C=O) groups excluding carboxylic acids is 1. The van der Waals surface area contributed by atoms with Crippen LogP contribution in [0.25, 0.3) is 5.65 Å². The van der Waals surface area contributed by atoms with Gasteiger partial charge in [0.05, 0.1) is 24.3 Å². The number of esters is 1. The number of nitrogens with zero attached hydrogens (tertiary/aromatic N) is 2. The highest BCUT2D eigenvalue weighted by Gasteiger charge is 2.30. The van der Waals surface area contributed by atoms with Crippen molar-refractivity contribution >= 4 is 11.6 Å². The molecule has 0 aliphatic heterocycles. The Morgan fingerprint density at radius 3 is 2.84 bits per heavy atom. The summed E-state index contributed by atoms with van der Waals surface area (Å²) in [7, 11) is 0. The minimum absolute atomic E-state index is 0.0587. The van der Waals surface area contributed by atoms with E-state index in [2.05, 4.69) is 4.98 Å².